The number of nitrogens with one attached hydrogen (secondary N) is 1. The molecule has 3 heteroatoms. The number of rotatable bonds is 3. The second kappa shape index (κ2) is 5.97. The van der Waals surface area contributed by atoms with Gasteiger partial charge in [-0.05, 0) is 74.5 Å². The molecule has 1 N–H and O–H groups in total. The molecule has 0 aromatic rings. The van der Waals surface area contributed by atoms with Gasteiger partial charge in [0.1, 0.15) is 0 Å². The number of carbonyl (C=O) groups excluding carboxylic acids is 1. The smallest absolute Gasteiger partial charge is 0.207 e. The van der Waals surface area contributed by atoms with Gasteiger partial charge in [0.25, 0.3) is 0 Å². The van der Waals surface area contributed by atoms with E-state index in [-0.39, 0.29) is 11.1 Å². The van der Waals surface area contributed by atoms with Gasteiger partial charge < -0.3 is 10.6 Å². The van der Waals surface area contributed by atoms with E-state index in [1.54, 1.807) is 0 Å². The number of amides is 1. The second-order valence-electron chi connectivity index (χ2n) is 10.4. The van der Waals surface area contributed by atoms with Crippen LogP contribution in [0, 0.1) is 47.3 Å². The minimum Gasteiger partial charge on any atom is -0.659 e. The van der Waals surface area contributed by atoms with Crippen LogP contribution in [0.5, 0.6) is 0 Å². The highest BCUT2D eigenvalue weighted by Crippen LogP contribution is 2.66. The zero-order chi connectivity index (χ0) is 18.0. The molecule has 142 valence electrons. The molecule has 0 heterocycles. The lowest BCUT2D eigenvalue weighted by Gasteiger charge is -2.70. The highest BCUT2D eigenvalue weighted by atomic mass is 16.1. The van der Waals surface area contributed by atoms with Gasteiger partial charge in [-0.2, -0.15) is 7.05 Å². The Bertz CT molecular complexity index is 536. The second-order valence-corrected chi connectivity index (χ2v) is 10.4. The van der Waals surface area contributed by atoms with Crippen LogP contribution in [0.15, 0.2) is 0 Å². The van der Waals surface area contributed by atoms with Crippen molar-refractivity contribution in [1.29, 1.82) is 0 Å². The lowest BCUT2D eigenvalue weighted by atomic mass is 9.40. The molecule has 4 saturated carbocycles. The Kier molecular flexibility index (Phi) is 4.26. The van der Waals surface area contributed by atoms with Crippen molar-refractivity contribution in [2.24, 2.45) is 47.3 Å². The Balaban J connectivity index is 1.74. The van der Waals surface area contributed by atoms with Gasteiger partial charge in [0.15, 0.2) is 0 Å². The summed E-state index contributed by atoms with van der Waals surface area (Å²) in [4.78, 5) is 11.3. The fourth-order valence-electron chi connectivity index (χ4n) is 8.26. The van der Waals surface area contributed by atoms with Gasteiger partial charge in [0.05, 0.1) is 0 Å². The summed E-state index contributed by atoms with van der Waals surface area (Å²) in [7, 11) is 2.06. The van der Waals surface area contributed by atoms with Gasteiger partial charge >= 0.3 is 0 Å². The lowest BCUT2D eigenvalue weighted by molar-refractivity contribution is -0.151. The van der Waals surface area contributed by atoms with Gasteiger partial charge in [0, 0.05) is 5.54 Å². The van der Waals surface area contributed by atoms with Crippen molar-refractivity contribution in [3.8, 4) is 0 Å². The molecule has 10 atom stereocenters. The topological polar surface area (TPSA) is 43.2 Å². The summed E-state index contributed by atoms with van der Waals surface area (Å²) in [6, 6.07) is 0. The summed E-state index contributed by atoms with van der Waals surface area (Å²) in [5.41, 5.74) is 0.168. The predicted molar refractivity (Wildman–Crippen MR) is 102 cm³/mol. The fraction of sp³-hybridized carbons (Fsp3) is 0.955. The first-order valence-electron chi connectivity index (χ1n) is 10.7. The SMILES string of the molecule is C[N-][C@]1(C)[C@H](C)C[C@@H]2C[C@H](C)[C@H]3CC[C@](C)(NC=O)[C@H]4CC[C@H]1[C@@H]2[C@H]34. The van der Waals surface area contributed by atoms with Crippen molar-refractivity contribution in [1.82, 2.24) is 5.32 Å². The molecule has 25 heavy (non-hydrogen) atoms. The molecule has 0 aromatic heterocycles. The van der Waals surface area contributed by atoms with Crippen molar-refractivity contribution in [3.05, 3.63) is 5.32 Å². The van der Waals surface area contributed by atoms with Crippen LogP contribution in [0.1, 0.15) is 66.2 Å². The highest BCUT2D eigenvalue weighted by molar-refractivity contribution is 5.48. The number of hydrogen-bond acceptors (Lipinski definition) is 1. The number of carbonyl (C=O) groups is 1. The van der Waals surface area contributed by atoms with Crippen molar-refractivity contribution in [2.75, 3.05) is 7.05 Å². The summed E-state index contributed by atoms with van der Waals surface area (Å²) in [6.45, 7) is 9.73. The third kappa shape index (κ3) is 2.37. The molecular weight excluding hydrogens is 308 g/mol. The summed E-state index contributed by atoms with van der Waals surface area (Å²) in [6.07, 6.45) is 8.78. The summed E-state index contributed by atoms with van der Waals surface area (Å²) >= 11 is 0. The van der Waals surface area contributed by atoms with Crippen LogP contribution in [0.25, 0.3) is 5.32 Å². The molecule has 4 aliphatic carbocycles. The minimum absolute atomic E-state index is 0.0122. The average molecular weight is 346 g/mol. The van der Waals surface area contributed by atoms with Crippen molar-refractivity contribution >= 4 is 6.41 Å². The van der Waals surface area contributed by atoms with E-state index in [9.17, 15) is 4.79 Å². The van der Waals surface area contributed by atoms with E-state index in [0.717, 1.165) is 48.3 Å². The summed E-state index contributed by atoms with van der Waals surface area (Å²) in [5.74, 6) is 6.34. The van der Waals surface area contributed by atoms with E-state index in [2.05, 4.69) is 40.1 Å². The summed E-state index contributed by atoms with van der Waals surface area (Å²) < 4.78 is 0. The standard InChI is InChI=1S/C22H37N2O/c1-13-10-15-11-14(2)22(4,23-5)18-7-6-17-20(19(15)18)16(13)8-9-21(17,3)24-12-25/h12-20H,6-11H2,1-5H3,(H,24,25)/q-1/t13-,14+,15-,16+,17-,18-,19+,20+,21-,22+/m0/s1. The van der Waals surface area contributed by atoms with Crippen LogP contribution in [0.2, 0.25) is 0 Å². The van der Waals surface area contributed by atoms with Gasteiger partial charge in [-0.1, -0.05) is 39.0 Å². The monoisotopic (exact) mass is 345 g/mol. The summed E-state index contributed by atoms with van der Waals surface area (Å²) in [5, 5.41) is 8.26. The minimum atomic E-state index is 0.0122. The Morgan fingerprint density at radius 1 is 1.04 bits per heavy atom. The normalized spacial score (nSPS) is 57.5. The molecule has 4 aliphatic rings. The molecule has 0 aromatic carbocycles. The number of hydrogen-bond donors (Lipinski definition) is 1. The van der Waals surface area contributed by atoms with Gasteiger partial charge in [0.2, 0.25) is 6.41 Å². The average Bonchev–Trinajstić information content (AvgIpc) is 2.58. The zero-order valence-corrected chi connectivity index (χ0v) is 16.8. The Hall–Kier alpha value is -0.570. The van der Waals surface area contributed by atoms with Crippen LogP contribution in [0.3, 0.4) is 0 Å². The van der Waals surface area contributed by atoms with Gasteiger partial charge in [-0.3, -0.25) is 4.79 Å². The van der Waals surface area contributed by atoms with Crippen LogP contribution in [-0.2, 0) is 4.79 Å². The third-order valence-corrected chi connectivity index (χ3v) is 9.70. The molecule has 4 fully saturated rings. The molecule has 0 saturated heterocycles. The first-order chi connectivity index (χ1) is 11.9. The van der Waals surface area contributed by atoms with E-state index in [1.165, 1.54) is 32.1 Å². The molecule has 0 bridgehead atoms. The Morgan fingerprint density at radius 3 is 2.44 bits per heavy atom. The Morgan fingerprint density at radius 2 is 1.76 bits per heavy atom. The maximum absolute atomic E-state index is 11.3. The maximum Gasteiger partial charge on any atom is 0.207 e. The van der Waals surface area contributed by atoms with Crippen molar-refractivity contribution in [3.63, 3.8) is 0 Å². The molecule has 0 aliphatic heterocycles. The van der Waals surface area contributed by atoms with E-state index >= 15 is 0 Å². The molecule has 3 nitrogen and oxygen atoms in total. The van der Waals surface area contributed by atoms with E-state index in [1.807, 2.05) is 0 Å². The zero-order valence-electron chi connectivity index (χ0n) is 16.8. The van der Waals surface area contributed by atoms with Crippen LogP contribution in [-0.4, -0.2) is 24.5 Å². The van der Waals surface area contributed by atoms with E-state index < -0.39 is 0 Å². The van der Waals surface area contributed by atoms with Crippen LogP contribution in [0.4, 0.5) is 0 Å². The first kappa shape index (κ1) is 17.8. The lowest BCUT2D eigenvalue weighted by Crippen LogP contribution is -2.66. The van der Waals surface area contributed by atoms with Crippen LogP contribution >= 0.6 is 0 Å². The van der Waals surface area contributed by atoms with Crippen LogP contribution < -0.4 is 5.32 Å². The molecule has 0 unspecified atom stereocenters. The molecule has 0 spiro atoms. The highest BCUT2D eigenvalue weighted by Gasteiger charge is 2.60. The maximum atomic E-state index is 11.3. The Labute approximate surface area is 154 Å². The third-order valence-electron chi connectivity index (χ3n) is 9.70. The number of nitrogens with zero attached hydrogens (tertiary/aromatic N) is 1. The largest absolute Gasteiger partial charge is 0.659 e. The van der Waals surface area contributed by atoms with E-state index in [0.29, 0.717) is 11.8 Å². The van der Waals surface area contributed by atoms with Gasteiger partial charge in [-0.25, -0.2) is 0 Å². The molecule has 4 rings (SSSR count). The fourth-order valence-corrected chi connectivity index (χ4v) is 8.26. The van der Waals surface area contributed by atoms with Crippen molar-refractivity contribution in [2.45, 2.75) is 77.3 Å². The quantitative estimate of drug-likeness (QED) is 0.745. The molecule has 1 amide bonds. The van der Waals surface area contributed by atoms with E-state index in [4.69, 9.17) is 5.32 Å². The first-order valence-corrected chi connectivity index (χ1v) is 10.7. The molecule has 0 radical (unpaired) electrons. The van der Waals surface area contributed by atoms with Crippen molar-refractivity contribution < 1.29 is 4.79 Å². The predicted octanol–water partition coefficient (Wildman–Crippen LogP) is 4.62. The molecular formula is C22H37N2O-. The van der Waals surface area contributed by atoms with Gasteiger partial charge in [-0.15, -0.1) is 5.54 Å².